The van der Waals surface area contributed by atoms with Crippen LogP contribution in [-0.2, 0) is 14.3 Å². The van der Waals surface area contributed by atoms with Gasteiger partial charge in [-0.15, -0.1) is 0 Å². The molecule has 35 heavy (non-hydrogen) atoms. The summed E-state index contributed by atoms with van der Waals surface area (Å²) >= 11 is 0. The molecule has 0 radical (unpaired) electrons. The van der Waals surface area contributed by atoms with Crippen LogP contribution in [0, 0.1) is 5.92 Å². The summed E-state index contributed by atoms with van der Waals surface area (Å²) in [5.41, 5.74) is 3.12. The Morgan fingerprint density at radius 3 is 2.29 bits per heavy atom. The second-order valence-corrected chi connectivity index (χ2v) is 9.82. The maximum absolute atomic E-state index is 12.6. The molecular weight excluding hydrogens is 448 g/mol. The van der Waals surface area contributed by atoms with Gasteiger partial charge in [-0.05, 0) is 47.9 Å². The number of benzene rings is 2. The van der Waals surface area contributed by atoms with E-state index in [2.05, 4.69) is 34.9 Å². The fourth-order valence-corrected chi connectivity index (χ4v) is 5.25. The van der Waals surface area contributed by atoms with E-state index in [1.165, 1.54) is 18.1 Å². The number of nitrogens with one attached hydrogen (secondary N) is 2. The van der Waals surface area contributed by atoms with Crippen molar-refractivity contribution in [3.8, 4) is 11.1 Å². The van der Waals surface area contributed by atoms with Crippen LogP contribution in [0.3, 0.4) is 0 Å². The van der Waals surface area contributed by atoms with Crippen LogP contribution in [0.1, 0.15) is 56.1 Å². The van der Waals surface area contributed by atoms with Gasteiger partial charge in [0.15, 0.2) is 0 Å². The van der Waals surface area contributed by atoms with Crippen LogP contribution in [0.25, 0.3) is 11.1 Å². The Balaban J connectivity index is 1.28. The molecule has 3 unspecified atom stereocenters. The highest BCUT2D eigenvalue weighted by atomic mass is 16.5. The topological polar surface area (TPSA) is 125 Å². The third kappa shape index (κ3) is 6.00. The highest BCUT2D eigenvalue weighted by Gasteiger charge is 2.33. The van der Waals surface area contributed by atoms with Gasteiger partial charge in [-0.3, -0.25) is 9.59 Å². The van der Waals surface area contributed by atoms with Crippen molar-refractivity contribution < 1.29 is 29.3 Å². The summed E-state index contributed by atoms with van der Waals surface area (Å²) in [6, 6.07) is 16.1. The molecule has 1 saturated carbocycles. The highest BCUT2D eigenvalue weighted by molar-refractivity contribution is 5.79. The van der Waals surface area contributed by atoms with Gasteiger partial charge in [0, 0.05) is 24.9 Å². The van der Waals surface area contributed by atoms with Gasteiger partial charge in [-0.2, -0.15) is 0 Å². The zero-order chi connectivity index (χ0) is 25.0. The molecule has 2 amide bonds. The number of carboxylic acid groups (broad SMARTS) is 1. The zero-order valence-electron chi connectivity index (χ0n) is 19.8. The summed E-state index contributed by atoms with van der Waals surface area (Å²) in [5.74, 6) is -1.47. The van der Waals surface area contributed by atoms with Crippen molar-refractivity contribution in [2.24, 2.45) is 5.92 Å². The van der Waals surface area contributed by atoms with Gasteiger partial charge < -0.3 is 25.6 Å². The predicted molar refractivity (Wildman–Crippen MR) is 130 cm³/mol. The lowest BCUT2D eigenvalue weighted by Gasteiger charge is -2.24. The second kappa shape index (κ2) is 10.5. The molecule has 0 spiro atoms. The Kier molecular flexibility index (Phi) is 7.40. The molecule has 0 aromatic heterocycles. The van der Waals surface area contributed by atoms with Crippen molar-refractivity contribution in [2.45, 2.75) is 56.6 Å². The molecule has 2 aromatic carbocycles. The Hall–Kier alpha value is -3.39. The van der Waals surface area contributed by atoms with Gasteiger partial charge >= 0.3 is 12.1 Å². The smallest absolute Gasteiger partial charge is 0.407 e. The van der Waals surface area contributed by atoms with Crippen LogP contribution in [0.2, 0.25) is 0 Å². The van der Waals surface area contributed by atoms with E-state index < -0.39 is 24.1 Å². The minimum absolute atomic E-state index is 0.0168. The van der Waals surface area contributed by atoms with Gasteiger partial charge in [-0.25, -0.2) is 4.79 Å². The molecule has 4 N–H and O–H groups in total. The largest absolute Gasteiger partial charge is 0.481 e. The zero-order valence-corrected chi connectivity index (χ0v) is 19.8. The number of alkyl carbamates (subject to hydrolysis) is 1. The number of aliphatic carboxylic acids is 1. The number of aliphatic hydroxyl groups is 1. The number of carboxylic acids is 1. The second-order valence-electron chi connectivity index (χ2n) is 9.82. The first-order valence-electron chi connectivity index (χ1n) is 12.1. The Morgan fingerprint density at radius 1 is 1.03 bits per heavy atom. The average molecular weight is 481 g/mol. The molecule has 8 heteroatoms. The maximum Gasteiger partial charge on any atom is 0.407 e. The van der Waals surface area contributed by atoms with Crippen LogP contribution < -0.4 is 10.6 Å². The van der Waals surface area contributed by atoms with Crippen LogP contribution >= 0.6 is 0 Å². The van der Waals surface area contributed by atoms with Crippen molar-refractivity contribution in [3.05, 3.63) is 59.7 Å². The Morgan fingerprint density at radius 2 is 1.66 bits per heavy atom. The highest BCUT2D eigenvalue weighted by Crippen LogP contribution is 2.44. The van der Waals surface area contributed by atoms with Gasteiger partial charge in [0.05, 0.1) is 12.0 Å². The van der Waals surface area contributed by atoms with Gasteiger partial charge in [0.2, 0.25) is 5.91 Å². The van der Waals surface area contributed by atoms with Gasteiger partial charge in [-0.1, -0.05) is 55.0 Å². The SMILES string of the molecule is CC(O)(CNC(=O)CC1CCCC1NC(=O)OCC1c2ccccc2-c2ccccc21)CC(=O)O. The first kappa shape index (κ1) is 24.7. The third-order valence-corrected chi connectivity index (χ3v) is 6.95. The van der Waals surface area contributed by atoms with E-state index in [1.54, 1.807) is 0 Å². The standard InChI is InChI=1S/C27H32N2O6/c1-27(34,14-25(31)32)16-28-24(30)13-17-7-6-12-23(17)29-26(33)35-15-22-20-10-4-2-8-18(20)19-9-3-5-11-21(19)22/h2-5,8-11,17,22-23,34H,6-7,12-16H2,1H3,(H,28,30)(H,29,33)(H,31,32). The van der Waals surface area contributed by atoms with E-state index in [0.717, 1.165) is 30.4 Å². The molecule has 0 saturated heterocycles. The van der Waals surface area contributed by atoms with E-state index in [0.29, 0.717) is 0 Å². The average Bonchev–Trinajstić information content (AvgIpc) is 3.37. The fraction of sp³-hybridized carbons (Fsp3) is 0.444. The summed E-state index contributed by atoms with van der Waals surface area (Å²) in [5, 5.41) is 24.5. The molecule has 2 aromatic rings. The lowest BCUT2D eigenvalue weighted by molar-refractivity contribution is -0.142. The molecule has 0 bridgehead atoms. The van der Waals surface area contributed by atoms with Crippen LogP contribution in [0.4, 0.5) is 4.79 Å². The summed E-state index contributed by atoms with van der Waals surface area (Å²) in [7, 11) is 0. The number of hydrogen-bond acceptors (Lipinski definition) is 5. The van der Waals surface area contributed by atoms with E-state index >= 15 is 0 Å². The number of hydrogen-bond donors (Lipinski definition) is 4. The summed E-state index contributed by atoms with van der Waals surface area (Å²) in [6.07, 6.45) is 1.70. The van der Waals surface area contributed by atoms with E-state index in [-0.39, 0.29) is 43.4 Å². The van der Waals surface area contributed by atoms with Crippen LogP contribution in [0.5, 0.6) is 0 Å². The number of fused-ring (bicyclic) bond motifs is 3. The number of carbonyl (C=O) groups is 3. The van der Waals surface area contributed by atoms with Gasteiger partial charge in [0.25, 0.3) is 0 Å². The first-order valence-corrected chi connectivity index (χ1v) is 12.1. The molecule has 186 valence electrons. The van der Waals surface area contributed by atoms with E-state index in [1.807, 2.05) is 24.3 Å². The minimum atomic E-state index is -1.52. The van der Waals surface area contributed by atoms with E-state index in [4.69, 9.17) is 9.84 Å². The fourth-order valence-electron chi connectivity index (χ4n) is 5.25. The first-order chi connectivity index (χ1) is 16.7. The molecule has 0 aliphatic heterocycles. The molecule has 8 nitrogen and oxygen atoms in total. The maximum atomic E-state index is 12.6. The summed E-state index contributed by atoms with van der Waals surface area (Å²) < 4.78 is 5.64. The van der Waals surface area contributed by atoms with Crippen LogP contribution in [-0.4, -0.2) is 53.0 Å². The number of ether oxygens (including phenoxy) is 1. The number of carbonyl (C=O) groups excluding carboxylic acids is 2. The lowest BCUT2D eigenvalue weighted by Crippen LogP contribution is -2.44. The predicted octanol–water partition coefficient (Wildman–Crippen LogP) is 3.43. The van der Waals surface area contributed by atoms with Crippen LogP contribution in [0.15, 0.2) is 48.5 Å². The molecule has 0 heterocycles. The Labute approximate surface area is 204 Å². The molecule has 3 atom stereocenters. The molecule has 2 aliphatic carbocycles. The number of rotatable bonds is 9. The monoisotopic (exact) mass is 480 g/mol. The molecular formula is C27H32N2O6. The minimum Gasteiger partial charge on any atom is -0.481 e. The normalized spacial score (nSPS) is 20.4. The van der Waals surface area contributed by atoms with Crippen molar-refractivity contribution in [1.29, 1.82) is 0 Å². The van der Waals surface area contributed by atoms with Gasteiger partial charge in [0.1, 0.15) is 6.61 Å². The Bertz CT molecular complexity index is 1050. The molecule has 4 rings (SSSR count). The summed E-state index contributed by atoms with van der Waals surface area (Å²) in [4.78, 5) is 35.8. The molecule has 1 fully saturated rings. The lowest BCUT2D eigenvalue weighted by atomic mass is 9.98. The van der Waals surface area contributed by atoms with E-state index in [9.17, 15) is 19.5 Å². The van der Waals surface area contributed by atoms with Crippen molar-refractivity contribution in [1.82, 2.24) is 10.6 Å². The number of amides is 2. The van der Waals surface area contributed by atoms with Crippen molar-refractivity contribution in [2.75, 3.05) is 13.2 Å². The summed E-state index contributed by atoms with van der Waals surface area (Å²) in [6.45, 7) is 1.46. The van der Waals surface area contributed by atoms with Crippen molar-refractivity contribution in [3.63, 3.8) is 0 Å². The van der Waals surface area contributed by atoms with Crippen molar-refractivity contribution >= 4 is 18.0 Å². The third-order valence-electron chi connectivity index (χ3n) is 6.95. The molecule has 2 aliphatic rings. The quantitative estimate of drug-likeness (QED) is 0.436.